The summed E-state index contributed by atoms with van der Waals surface area (Å²) in [5.74, 6) is -0.338. The van der Waals surface area contributed by atoms with Gasteiger partial charge in [0.15, 0.2) is 0 Å². The molecule has 0 aliphatic heterocycles. The molecule has 1 rings (SSSR count). The molecule has 0 saturated carbocycles. The Bertz CT molecular complexity index is 422. The molecule has 1 aromatic carbocycles. The van der Waals surface area contributed by atoms with E-state index in [1.165, 1.54) is 13.2 Å². The van der Waals surface area contributed by atoms with Gasteiger partial charge in [0.05, 0.1) is 7.11 Å². The number of methoxy groups -OCH3 is 1. The number of hydrogen-bond acceptors (Lipinski definition) is 3. The van der Waals surface area contributed by atoms with Gasteiger partial charge in [-0.15, -0.1) is 0 Å². The number of carbonyl (C=O) groups excluding carboxylic acids is 1. The quantitative estimate of drug-likeness (QED) is 0.627. The van der Waals surface area contributed by atoms with Crippen LogP contribution in [-0.4, -0.2) is 20.1 Å². The number of rotatable bonds is 3. The van der Waals surface area contributed by atoms with Crippen LogP contribution in [0.25, 0.3) is 6.08 Å². The Morgan fingerprint density at radius 2 is 2.00 bits per heavy atom. The Kier molecular flexibility index (Phi) is 4.11. The van der Waals surface area contributed by atoms with Gasteiger partial charge in [-0.05, 0) is 48.7 Å². The van der Waals surface area contributed by atoms with Crippen molar-refractivity contribution in [2.24, 2.45) is 0 Å². The van der Waals surface area contributed by atoms with Crippen LogP contribution in [0, 0.1) is 13.8 Å². The van der Waals surface area contributed by atoms with Gasteiger partial charge in [0, 0.05) is 18.8 Å². The number of nitrogens with one attached hydrogen (secondary N) is 1. The zero-order chi connectivity index (χ0) is 12.1. The summed E-state index contributed by atoms with van der Waals surface area (Å²) in [4.78, 5) is 11.0. The summed E-state index contributed by atoms with van der Waals surface area (Å²) in [5, 5.41) is 3.12. The van der Waals surface area contributed by atoms with Crippen LogP contribution in [0.3, 0.4) is 0 Å². The largest absolute Gasteiger partial charge is 0.466 e. The predicted molar refractivity (Wildman–Crippen MR) is 66.5 cm³/mol. The molecule has 16 heavy (non-hydrogen) atoms. The molecule has 0 atom stereocenters. The van der Waals surface area contributed by atoms with Crippen LogP contribution in [0.5, 0.6) is 0 Å². The van der Waals surface area contributed by atoms with Crippen molar-refractivity contribution in [3.05, 3.63) is 34.9 Å². The maximum Gasteiger partial charge on any atom is 0.330 e. The number of ether oxygens (including phenoxy) is 1. The van der Waals surface area contributed by atoms with E-state index in [0.717, 1.165) is 22.4 Å². The maximum atomic E-state index is 11.0. The Morgan fingerprint density at radius 3 is 2.56 bits per heavy atom. The van der Waals surface area contributed by atoms with E-state index in [1.807, 2.05) is 27.0 Å². The number of anilines is 1. The minimum Gasteiger partial charge on any atom is -0.466 e. The lowest BCUT2D eigenvalue weighted by Gasteiger charge is -2.09. The molecule has 0 aliphatic rings. The second-order valence-corrected chi connectivity index (χ2v) is 3.63. The molecule has 0 spiro atoms. The predicted octanol–water partition coefficient (Wildman–Crippen LogP) is 2.53. The summed E-state index contributed by atoms with van der Waals surface area (Å²) >= 11 is 0. The minimum absolute atomic E-state index is 0.338. The van der Waals surface area contributed by atoms with Crippen LogP contribution in [0.2, 0.25) is 0 Å². The van der Waals surface area contributed by atoms with Crippen LogP contribution in [-0.2, 0) is 9.53 Å². The Hall–Kier alpha value is -1.77. The highest BCUT2D eigenvalue weighted by Crippen LogP contribution is 2.21. The molecule has 0 saturated heterocycles. The average molecular weight is 219 g/mol. The first kappa shape index (κ1) is 12.3. The van der Waals surface area contributed by atoms with E-state index in [2.05, 4.69) is 16.1 Å². The molecular formula is C13H17NO2. The van der Waals surface area contributed by atoms with Crippen molar-refractivity contribution in [1.82, 2.24) is 0 Å². The monoisotopic (exact) mass is 219 g/mol. The maximum absolute atomic E-state index is 11.0. The van der Waals surface area contributed by atoms with Crippen LogP contribution >= 0.6 is 0 Å². The normalized spacial score (nSPS) is 10.5. The zero-order valence-corrected chi connectivity index (χ0v) is 10.1. The first-order chi connectivity index (χ1) is 7.58. The lowest BCUT2D eigenvalue weighted by Crippen LogP contribution is -1.96. The lowest BCUT2D eigenvalue weighted by atomic mass is 10.0. The fraction of sp³-hybridized carbons (Fsp3) is 0.308. The third-order valence-electron chi connectivity index (χ3n) is 2.48. The van der Waals surface area contributed by atoms with Gasteiger partial charge < -0.3 is 10.1 Å². The summed E-state index contributed by atoms with van der Waals surface area (Å²) in [6.45, 7) is 4.04. The molecule has 0 fully saturated rings. The van der Waals surface area contributed by atoms with E-state index in [9.17, 15) is 4.79 Å². The third kappa shape index (κ3) is 2.86. The van der Waals surface area contributed by atoms with Gasteiger partial charge in [-0.2, -0.15) is 0 Å². The number of aryl methyl sites for hydroxylation is 2. The highest BCUT2D eigenvalue weighted by molar-refractivity contribution is 5.87. The smallest absolute Gasteiger partial charge is 0.330 e. The van der Waals surface area contributed by atoms with Crippen molar-refractivity contribution in [2.75, 3.05) is 19.5 Å². The summed E-state index contributed by atoms with van der Waals surface area (Å²) in [5.41, 5.74) is 4.40. The molecule has 3 nitrogen and oxygen atoms in total. The van der Waals surface area contributed by atoms with Crippen molar-refractivity contribution in [3.63, 3.8) is 0 Å². The fourth-order valence-electron chi connectivity index (χ4n) is 1.51. The van der Waals surface area contributed by atoms with E-state index >= 15 is 0 Å². The second-order valence-electron chi connectivity index (χ2n) is 3.63. The van der Waals surface area contributed by atoms with E-state index in [-0.39, 0.29) is 5.97 Å². The Labute approximate surface area is 96.1 Å². The zero-order valence-electron chi connectivity index (χ0n) is 10.1. The van der Waals surface area contributed by atoms with Crippen molar-refractivity contribution in [1.29, 1.82) is 0 Å². The van der Waals surface area contributed by atoms with Crippen molar-refractivity contribution < 1.29 is 9.53 Å². The average Bonchev–Trinajstić information content (AvgIpc) is 2.29. The standard InChI is InChI=1S/C13H17NO2/c1-9-8-12(14-3)10(2)7-11(9)5-6-13(15)16-4/h5-8,14H,1-4H3/b6-5+. The van der Waals surface area contributed by atoms with Crippen LogP contribution in [0.1, 0.15) is 16.7 Å². The van der Waals surface area contributed by atoms with Crippen LogP contribution in [0.4, 0.5) is 5.69 Å². The molecule has 86 valence electrons. The molecule has 0 unspecified atom stereocenters. The van der Waals surface area contributed by atoms with E-state index in [1.54, 1.807) is 6.08 Å². The molecule has 0 bridgehead atoms. The number of hydrogen-bond donors (Lipinski definition) is 1. The topological polar surface area (TPSA) is 38.3 Å². The summed E-state index contributed by atoms with van der Waals surface area (Å²) in [6, 6.07) is 4.10. The van der Waals surface area contributed by atoms with Gasteiger partial charge >= 0.3 is 5.97 Å². The molecule has 3 heteroatoms. The van der Waals surface area contributed by atoms with E-state index in [4.69, 9.17) is 0 Å². The van der Waals surface area contributed by atoms with Gasteiger partial charge in [0.1, 0.15) is 0 Å². The minimum atomic E-state index is -0.338. The molecule has 0 aromatic heterocycles. The first-order valence-electron chi connectivity index (χ1n) is 5.13. The summed E-state index contributed by atoms with van der Waals surface area (Å²) in [6.07, 6.45) is 3.20. The Balaban J connectivity index is 3.02. The third-order valence-corrected chi connectivity index (χ3v) is 2.48. The lowest BCUT2D eigenvalue weighted by molar-refractivity contribution is -0.134. The first-order valence-corrected chi connectivity index (χ1v) is 5.13. The molecule has 0 radical (unpaired) electrons. The molecule has 1 N–H and O–H groups in total. The number of esters is 1. The molecule has 1 aromatic rings. The molecule has 0 amide bonds. The second kappa shape index (κ2) is 5.35. The summed E-state index contributed by atoms with van der Waals surface area (Å²) < 4.78 is 4.55. The fourth-order valence-corrected chi connectivity index (χ4v) is 1.51. The van der Waals surface area contributed by atoms with Gasteiger partial charge in [-0.3, -0.25) is 0 Å². The molecular weight excluding hydrogens is 202 g/mol. The Morgan fingerprint density at radius 1 is 1.31 bits per heavy atom. The van der Waals surface area contributed by atoms with Crippen LogP contribution < -0.4 is 5.32 Å². The molecule has 0 aliphatic carbocycles. The van der Waals surface area contributed by atoms with E-state index < -0.39 is 0 Å². The summed E-state index contributed by atoms with van der Waals surface area (Å²) in [7, 11) is 3.26. The van der Waals surface area contributed by atoms with Gasteiger partial charge in [-0.25, -0.2) is 4.79 Å². The van der Waals surface area contributed by atoms with Crippen molar-refractivity contribution >= 4 is 17.7 Å². The number of carbonyl (C=O) groups is 1. The SMILES string of the molecule is CNc1cc(C)c(/C=C/C(=O)OC)cc1C. The number of benzene rings is 1. The highest BCUT2D eigenvalue weighted by atomic mass is 16.5. The van der Waals surface area contributed by atoms with Crippen molar-refractivity contribution in [3.8, 4) is 0 Å². The van der Waals surface area contributed by atoms with E-state index in [0.29, 0.717) is 0 Å². The molecule has 0 heterocycles. The van der Waals surface area contributed by atoms with Crippen LogP contribution in [0.15, 0.2) is 18.2 Å². The van der Waals surface area contributed by atoms with Crippen molar-refractivity contribution in [2.45, 2.75) is 13.8 Å². The highest BCUT2D eigenvalue weighted by Gasteiger charge is 2.01. The van der Waals surface area contributed by atoms with Gasteiger partial charge in [-0.1, -0.05) is 0 Å². The van der Waals surface area contributed by atoms with Gasteiger partial charge in [0.25, 0.3) is 0 Å². The van der Waals surface area contributed by atoms with Gasteiger partial charge in [0.2, 0.25) is 0 Å².